The van der Waals surface area contributed by atoms with Crippen molar-refractivity contribution in [2.75, 3.05) is 39.1 Å². The van der Waals surface area contributed by atoms with Crippen molar-refractivity contribution in [1.82, 2.24) is 10.6 Å². The standard InChI is InChI=1S/C15H25N3O2S.HI/c1-3-20-11-9-17-15(16-2)18-10-12-21(19)13-14-7-5-4-6-8-14;/h4-8H,3,9-13H2,1-2H3,(H2,16,17,18);1H. The van der Waals surface area contributed by atoms with Crippen LogP contribution in [-0.2, 0) is 21.3 Å². The number of ether oxygens (including phenoxy) is 1. The molecule has 0 heterocycles. The van der Waals surface area contributed by atoms with Gasteiger partial charge in [0, 0.05) is 49.0 Å². The molecule has 22 heavy (non-hydrogen) atoms. The zero-order chi connectivity index (χ0) is 15.3. The first-order valence-corrected chi connectivity index (χ1v) is 8.66. The van der Waals surface area contributed by atoms with Crippen LogP contribution in [0.15, 0.2) is 35.3 Å². The second-order valence-electron chi connectivity index (χ2n) is 4.40. The molecule has 0 bridgehead atoms. The molecule has 0 amide bonds. The highest BCUT2D eigenvalue weighted by molar-refractivity contribution is 14.0. The van der Waals surface area contributed by atoms with Crippen molar-refractivity contribution < 1.29 is 8.95 Å². The Morgan fingerprint density at radius 2 is 1.91 bits per heavy atom. The summed E-state index contributed by atoms with van der Waals surface area (Å²) in [7, 11) is 0.851. The quantitative estimate of drug-likeness (QED) is 0.267. The van der Waals surface area contributed by atoms with Crippen LogP contribution in [0.1, 0.15) is 12.5 Å². The van der Waals surface area contributed by atoms with Gasteiger partial charge in [0.05, 0.1) is 6.61 Å². The Hall–Kier alpha value is -0.670. The van der Waals surface area contributed by atoms with Gasteiger partial charge >= 0.3 is 0 Å². The van der Waals surface area contributed by atoms with E-state index in [4.69, 9.17) is 4.74 Å². The van der Waals surface area contributed by atoms with Crippen molar-refractivity contribution in [3.63, 3.8) is 0 Å². The Morgan fingerprint density at radius 1 is 1.23 bits per heavy atom. The molecule has 1 unspecified atom stereocenters. The van der Waals surface area contributed by atoms with Crippen molar-refractivity contribution in [3.8, 4) is 0 Å². The molecule has 0 aliphatic heterocycles. The molecule has 0 aliphatic rings. The maximum absolute atomic E-state index is 12.0. The van der Waals surface area contributed by atoms with E-state index in [2.05, 4.69) is 15.6 Å². The molecule has 0 saturated heterocycles. The molecule has 0 saturated carbocycles. The molecular weight excluding hydrogens is 413 g/mol. The molecule has 0 radical (unpaired) electrons. The van der Waals surface area contributed by atoms with Gasteiger partial charge in [0.25, 0.3) is 0 Å². The number of rotatable bonds is 9. The molecule has 7 heteroatoms. The van der Waals surface area contributed by atoms with Gasteiger partial charge in [-0.05, 0) is 12.5 Å². The average molecular weight is 439 g/mol. The van der Waals surface area contributed by atoms with E-state index in [0.717, 1.165) is 5.56 Å². The van der Waals surface area contributed by atoms with E-state index in [1.807, 2.05) is 37.3 Å². The molecule has 1 aromatic carbocycles. The molecule has 5 nitrogen and oxygen atoms in total. The summed E-state index contributed by atoms with van der Waals surface area (Å²) in [5, 5.41) is 6.30. The van der Waals surface area contributed by atoms with E-state index in [1.165, 1.54) is 0 Å². The topological polar surface area (TPSA) is 62.7 Å². The third-order valence-electron chi connectivity index (χ3n) is 2.76. The van der Waals surface area contributed by atoms with Crippen LogP contribution in [0.25, 0.3) is 0 Å². The number of aliphatic imine (C=N–C) groups is 1. The highest BCUT2D eigenvalue weighted by Gasteiger charge is 2.02. The van der Waals surface area contributed by atoms with Gasteiger partial charge in [-0.1, -0.05) is 30.3 Å². The summed E-state index contributed by atoms with van der Waals surface area (Å²) in [5.74, 6) is 1.91. The number of hydrogen-bond donors (Lipinski definition) is 2. The van der Waals surface area contributed by atoms with Crippen molar-refractivity contribution in [2.45, 2.75) is 12.7 Å². The summed E-state index contributed by atoms with van der Waals surface area (Å²) in [4.78, 5) is 4.11. The largest absolute Gasteiger partial charge is 0.380 e. The summed E-state index contributed by atoms with van der Waals surface area (Å²) in [6.45, 7) is 4.67. The van der Waals surface area contributed by atoms with E-state index >= 15 is 0 Å². The fraction of sp³-hybridized carbons (Fsp3) is 0.533. The predicted octanol–water partition coefficient (Wildman–Crippen LogP) is 1.75. The van der Waals surface area contributed by atoms with Crippen LogP contribution >= 0.6 is 24.0 Å². The van der Waals surface area contributed by atoms with Gasteiger partial charge < -0.3 is 15.4 Å². The van der Waals surface area contributed by atoms with Gasteiger partial charge in [0.2, 0.25) is 0 Å². The fourth-order valence-electron chi connectivity index (χ4n) is 1.72. The third-order valence-corrected chi connectivity index (χ3v) is 4.07. The Labute approximate surface area is 152 Å². The van der Waals surface area contributed by atoms with E-state index in [1.54, 1.807) is 7.05 Å². The van der Waals surface area contributed by atoms with E-state index in [0.29, 0.717) is 43.8 Å². The molecular formula is C15H26IN3O2S. The lowest BCUT2D eigenvalue weighted by Crippen LogP contribution is -2.40. The molecule has 0 aliphatic carbocycles. The fourth-order valence-corrected chi connectivity index (χ4v) is 2.76. The molecule has 1 aromatic rings. The van der Waals surface area contributed by atoms with Crippen LogP contribution in [0.4, 0.5) is 0 Å². The lowest BCUT2D eigenvalue weighted by atomic mass is 10.2. The van der Waals surface area contributed by atoms with Crippen LogP contribution in [-0.4, -0.2) is 49.3 Å². The number of benzene rings is 1. The molecule has 1 rings (SSSR count). The van der Waals surface area contributed by atoms with Crippen molar-refractivity contribution in [3.05, 3.63) is 35.9 Å². The zero-order valence-electron chi connectivity index (χ0n) is 13.2. The highest BCUT2D eigenvalue weighted by atomic mass is 127. The maximum Gasteiger partial charge on any atom is 0.191 e. The highest BCUT2D eigenvalue weighted by Crippen LogP contribution is 2.02. The summed E-state index contributed by atoms with van der Waals surface area (Å²) in [6.07, 6.45) is 0. The minimum absolute atomic E-state index is 0. The lowest BCUT2D eigenvalue weighted by Gasteiger charge is -2.11. The number of guanidine groups is 1. The molecule has 0 spiro atoms. The smallest absolute Gasteiger partial charge is 0.191 e. The van der Waals surface area contributed by atoms with Crippen molar-refractivity contribution >= 4 is 40.7 Å². The van der Waals surface area contributed by atoms with Gasteiger partial charge in [-0.2, -0.15) is 0 Å². The minimum Gasteiger partial charge on any atom is -0.380 e. The van der Waals surface area contributed by atoms with Crippen LogP contribution in [0, 0.1) is 0 Å². The third kappa shape index (κ3) is 10.1. The lowest BCUT2D eigenvalue weighted by molar-refractivity contribution is 0.152. The first-order chi connectivity index (χ1) is 10.3. The SMILES string of the molecule is CCOCCNC(=NC)NCCS(=O)Cc1ccccc1.I. The van der Waals surface area contributed by atoms with Crippen molar-refractivity contribution in [1.29, 1.82) is 0 Å². The second kappa shape index (κ2) is 14.0. The van der Waals surface area contributed by atoms with Crippen molar-refractivity contribution in [2.24, 2.45) is 4.99 Å². The van der Waals surface area contributed by atoms with E-state index < -0.39 is 10.8 Å². The van der Waals surface area contributed by atoms with E-state index in [-0.39, 0.29) is 24.0 Å². The van der Waals surface area contributed by atoms with Gasteiger partial charge in [-0.25, -0.2) is 0 Å². The van der Waals surface area contributed by atoms with Crippen LogP contribution in [0.3, 0.4) is 0 Å². The average Bonchev–Trinajstić information content (AvgIpc) is 2.50. The molecule has 0 fully saturated rings. The molecule has 0 aromatic heterocycles. The summed E-state index contributed by atoms with van der Waals surface area (Å²) >= 11 is 0. The van der Waals surface area contributed by atoms with Crippen LogP contribution in [0.5, 0.6) is 0 Å². The monoisotopic (exact) mass is 439 g/mol. The Morgan fingerprint density at radius 3 is 2.55 bits per heavy atom. The minimum atomic E-state index is -0.868. The number of hydrogen-bond acceptors (Lipinski definition) is 3. The number of halogens is 1. The first kappa shape index (κ1) is 21.3. The van der Waals surface area contributed by atoms with Crippen LogP contribution < -0.4 is 10.6 Å². The molecule has 2 N–H and O–H groups in total. The summed E-state index contributed by atoms with van der Waals surface area (Å²) < 4.78 is 17.2. The first-order valence-electron chi connectivity index (χ1n) is 7.17. The summed E-state index contributed by atoms with van der Waals surface area (Å²) in [6, 6.07) is 9.90. The summed E-state index contributed by atoms with van der Waals surface area (Å²) in [5.41, 5.74) is 1.11. The van der Waals surface area contributed by atoms with Gasteiger partial charge in [-0.3, -0.25) is 9.20 Å². The van der Waals surface area contributed by atoms with Gasteiger partial charge in [0.1, 0.15) is 0 Å². The Bertz CT molecular complexity index is 444. The zero-order valence-corrected chi connectivity index (χ0v) is 16.4. The number of nitrogens with one attached hydrogen (secondary N) is 2. The predicted molar refractivity (Wildman–Crippen MR) is 104 cm³/mol. The number of nitrogens with zero attached hydrogens (tertiary/aromatic N) is 1. The van der Waals surface area contributed by atoms with Gasteiger partial charge in [-0.15, -0.1) is 24.0 Å². The van der Waals surface area contributed by atoms with Crippen LogP contribution in [0.2, 0.25) is 0 Å². The molecule has 126 valence electrons. The van der Waals surface area contributed by atoms with E-state index in [9.17, 15) is 4.21 Å². The van der Waals surface area contributed by atoms with Gasteiger partial charge in [0.15, 0.2) is 5.96 Å². The Kier molecular flexibility index (Phi) is 13.5. The Balaban J connectivity index is 0.00000441. The normalized spacial score (nSPS) is 12.4. The second-order valence-corrected chi connectivity index (χ2v) is 5.97. The maximum atomic E-state index is 12.0. The molecule has 1 atom stereocenters.